The Balaban J connectivity index is 1.77. The summed E-state index contributed by atoms with van der Waals surface area (Å²) in [7, 11) is 0. The maximum Gasteiger partial charge on any atom is 0.341 e. The number of fused-ring (bicyclic) bond motifs is 1. The Labute approximate surface area is 184 Å². The summed E-state index contributed by atoms with van der Waals surface area (Å²) in [5.74, 6) is 0.0903. The number of anilines is 1. The molecule has 0 spiro atoms. The molecule has 1 aromatic heterocycles. The van der Waals surface area contributed by atoms with Crippen LogP contribution < -0.4 is 10.1 Å². The molecule has 0 radical (unpaired) electrons. The first-order valence-corrected chi connectivity index (χ1v) is 11.1. The fraction of sp³-hybridized carbons (Fsp3) is 0.429. The molecule has 0 saturated carbocycles. The van der Waals surface area contributed by atoms with Crippen molar-refractivity contribution in [3.63, 3.8) is 0 Å². The van der Waals surface area contributed by atoms with Crippen LogP contribution in [0.3, 0.4) is 0 Å². The van der Waals surface area contributed by atoms with E-state index in [4.69, 9.17) is 32.7 Å². The second kappa shape index (κ2) is 9.37. The highest BCUT2D eigenvalue weighted by molar-refractivity contribution is 7.17. The Morgan fingerprint density at radius 3 is 2.79 bits per heavy atom. The minimum Gasteiger partial charge on any atom is -0.482 e. The number of carbonyl (C=O) groups excluding carboxylic acids is 2. The molecule has 1 heterocycles. The maximum absolute atomic E-state index is 12.7. The summed E-state index contributed by atoms with van der Waals surface area (Å²) < 4.78 is 10.9. The van der Waals surface area contributed by atoms with Crippen LogP contribution in [0.25, 0.3) is 0 Å². The van der Waals surface area contributed by atoms with Gasteiger partial charge in [-0.15, -0.1) is 11.3 Å². The monoisotopic (exact) mass is 455 g/mol. The largest absolute Gasteiger partial charge is 0.482 e. The number of rotatable bonds is 6. The van der Waals surface area contributed by atoms with Crippen molar-refractivity contribution in [2.75, 3.05) is 11.9 Å². The Morgan fingerprint density at radius 2 is 2.07 bits per heavy atom. The lowest BCUT2D eigenvalue weighted by Crippen LogP contribution is -2.22. The lowest BCUT2D eigenvalue weighted by Gasteiger charge is -2.18. The zero-order chi connectivity index (χ0) is 21.1. The number of amides is 1. The quantitative estimate of drug-likeness (QED) is 0.561. The molecule has 1 aliphatic carbocycles. The van der Waals surface area contributed by atoms with Crippen LogP contribution in [0, 0.1) is 5.92 Å². The molecule has 5 nitrogen and oxygen atoms in total. The van der Waals surface area contributed by atoms with Crippen molar-refractivity contribution < 1.29 is 19.1 Å². The Morgan fingerprint density at radius 1 is 1.31 bits per heavy atom. The molecule has 8 heteroatoms. The van der Waals surface area contributed by atoms with Crippen molar-refractivity contribution in [2.24, 2.45) is 5.92 Å². The van der Waals surface area contributed by atoms with Gasteiger partial charge in [0, 0.05) is 4.88 Å². The highest BCUT2D eigenvalue weighted by Gasteiger charge is 2.29. The molecular weight excluding hydrogens is 433 g/mol. The smallest absolute Gasteiger partial charge is 0.341 e. The molecule has 29 heavy (non-hydrogen) atoms. The molecule has 2 aromatic rings. The van der Waals surface area contributed by atoms with E-state index >= 15 is 0 Å². The summed E-state index contributed by atoms with van der Waals surface area (Å²) in [6, 6.07) is 4.97. The van der Waals surface area contributed by atoms with Gasteiger partial charge in [0.2, 0.25) is 0 Å². The van der Waals surface area contributed by atoms with Gasteiger partial charge in [0.25, 0.3) is 5.91 Å². The Hall–Kier alpha value is -1.76. The first-order valence-electron chi connectivity index (χ1n) is 9.48. The minimum absolute atomic E-state index is 0.238. The highest BCUT2D eigenvalue weighted by Crippen LogP contribution is 2.40. The van der Waals surface area contributed by atoms with E-state index in [1.807, 2.05) is 0 Å². The lowest BCUT2D eigenvalue weighted by molar-refractivity contribution is -0.118. The normalized spacial score (nSPS) is 15.7. The molecule has 0 bridgehead atoms. The van der Waals surface area contributed by atoms with E-state index in [1.165, 1.54) is 11.3 Å². The average molecular weight is 456 g/mol. The molecule has 1 atom stereocenters. The number of thiophene rings is 1. The number of halogens is 2. The topological polar surface area (TPSA) is 64.6 Å². The van der Waals surface area contributed by atoms with Crippen molar-refractivity contribution in [3.05, 3.63) is 44.2 Å². The van der Waals surface area contributed by atoms with E-state index < -0.39 is 5.97 Å². The van der Waals surface area contributed by atoms with Gasteiger partial charge in [-0.05, 0) is 56.7 Å². The minimum atomic E-state index is -0.402. The summed E-state index contributed by atoms with van der Waals surface area (Å²) in [6.45, 7) is 5.55. The molecule has 0 aliphatic heterocycles. The first-order chi connectivity index (χ1) is 13.8. The van der Waals surface area contributed by atoms with Crippen molar-refractivity contribution in [2.45, 2.75) is 46.1 Å². The number of hydrogen-bond acceptors (Lipinski definition) is 5. The highest BCUT2D eigenvalue weighted by atomic mass is 35.5. The number of esters is 1. The van der Waals surface area contributed by atoms with Gasteiger partial charge < -0.3 is 14.8 Å². The standard InChI is InChI=1S/C21H23Cl2NO4S/c1-11(2)28-21(26)18-13-8-7-12(3)9-16(13)29-20(18)24-17(25)10-27-15-6-4-5-14(22)19(15)23/h4-6,11-12H,7-10H2,1-3H3,(H,24,25). The SMILES string of the molecule is CC1CCc2c(sc(NC(=O)COc3cccc(Cl)c3Cl)c2C(=O)OC(C)C)C1. The molecular formula is C21H23Cl2NO4S. The van der Waals surface area contributed by atoms with Crippen LogP contribution in [-0.2, 0) is 22.4 Å². The van der Waals surface area contributed by atoms with Gasteiger partial charge in [0.15, 0.2) is 6.61 Å². The van der Waals surface area contributed by atoms with E-state index in [-0.39, 0.29) is 23.6 Å². The Bertz CT molecular complexity index is 926. The number of carbonyl (C=O) groups is 2. The van der Waals surface area contributed by atoms with Crippen LogP contribution in [0.4, 0.5) is 5.00 Å². The number of benzene rings is 1. The Kier molecular flexibility index (Phi) is 7.09. The third-order valence-electron chi connectivity index (χ3n) is 4.59. The van der Waals surface area contributed by atoms with Crippen LogP contribution in [0.5, 0.6) is 5.75 Å². The number of nitrogens with one attached hydrogen (secondary N) is 1. The molecule has 1 N–H and O–H groups in total. The van der Waals surface area contributed by atoms with Gasteiger partial charge >= 0.3 is 5.97 Å². The second-order valence-electron chi connectivity index (χ2n) is 7.40. The van der Waals surface area contributed by atoms with Gasteiger partial charge in [-0.1, -0.05) is 36.2 Å². The molecule has 0 fully saturated rings. The zero-order valence-electron chi connectivity index (χ0n) is 16.5. The number of hydrogen-bond donors (Lipinski definition) is 1. The van der Waals surface area contributed by atoms with E-state index in [0.717, 1.165) is 29.7 Å². The van der Waals surface area contributed by atoms with Crippen LogP contribution in [0.2, 0.25) is 10.0 Å². The van der Waals surface area contributed by atoms with E-state index in [9.17, 15) is 9.59 Å². The van der Waals surface area contributed by atoms with Gasteiger partial charge in [-0.3, -0.25) is 4.79 Å². The fourth-order valence-corrected chi connectivity index (χ4v) is 4.99. The van der Waals surface area contributed by atoms with Gasteiger partial charge in [-0.25, -0.2) is 4.79 Å². The molecule has 3 rings (SSSR count). The molecule has 1 aliphatic rings. The van der Waals surface area contributed by atoms with Crippen molar-refractivity contribution in [1.29, 1.82) is 0 Å². The van der Waals surface area contributed by atoms with Crippen LogP contribution in [0.15, 0.2) is 18.2 Å². The van der Waals surface area contributed by atoms with Crippen LogP contribution in [-0.4, -0.2) is 24.6 Å². The van der Waals surface area contributed by atoms with Crippen molar-refractivity contribution in [3.8, 4) is 5.75 Å². The zero-order valence-corrected chi connectivity index (χ0v) is 18.8. The molecule has 1 amide bonds. The summed E-state index contributed by atoms with van der Waals surface area (Å²) >= 11 is 13.5. The van der Waals surface area contributed by atoms with Gasteiger partial charge in [-0.2, -0.15) is 0 Å². The van der Waals surface area contributed by atoms with Gasteiger partial charge in [0.05, 0.1) is 16.7 Å². The van der Waals surface area contributed by atoms with Crippen molar-refractivity contribution in [1.82, 2.24) is 0 Å². The van der Waals surface area contributed by atoms with Crippen LogP contribution in [0.1, 0.15) is 48.0 Å². The predicted octanol–water partition coefficient (Wildman–Crippen LogP) is 5.76. The molecule has 0 saturated heterocycles. The first kappa shape index (κ1) is 21.9. The summed E-state index contributed by atoms with van der Waals surface area (Å²) in [6.07, 6.45) is 2.47. The third-order valence-corrected chi connectivity index (χ3v) is 6.56. The van der Waals surface area contributed by atoms with E-state index in [0.29, 0.717) is 27.3 Å². The van der Waals surface area contributed by atoms with Crippen LogP contribution >= 0.6 is 34.5 Å². The molecule has 1 aromatic carbocycles. The van der Waals surface area contributed by atoms with Gasteiger partial charge in [0.1, 0.15) is 15.8 Å². The fourth-order valence-electron chi connectivity index (χ4n) is 3.23. The third kappa shape index (κ3) is 5.24. The van der Waals surface area contributed by atoms with E-state index in [1.54, 1.807) is 32.0 Å². The second-order valence-corrected chi connectivity index (χ2v) is 9.29. The average Bonchev–Trinajstić information content (AvgIpc) is 2.99. The lowest BCUT2D eigenvalue weighted by atomic mass is 9.88. The molecule has 156 valence electrons. The molecule has 1 unspecified atom stereocenters. The van der Waals surface area contributed by atoms with Crippen molar-refractivity contribution >= 4 is 51.4 Å². The summed E-state index contributed by atoms with van der Waals surface area (Å²) in [5.41, 5.74) is 1.47. The van der Waals surface area contributed by atoms with E-state index in [2.05, 4.69) is 12.2 Å². The number of ether oxygens (including phenoxy) is 2. The predicted molar refractivity (Wildman–Crippen MR) is 117 cm³/mol. The maximum atomic E-state index is 12.7. The summed E-state index contributed by atoms with van der Waals surface area (Å²) in [4.78, 5) is 26.3. The summed E-state index contributed by atoms with van der Waals surface area (Å²) in [5, 5.41) is 3.94.